The molecule has 0 nitrogen and oxygen atoms in total. The van der Waals surface area contributed by atoms with Gasteiger partial charge in [-0.05, 0) is 15.6 Å². The van der Waals surface area contributed by atoms with Crippen LogP contribution in [-0.4, -0.2) is 0 Å². The normalized spacial score (nSPS) is 10.8. The fraction of sp³-hybridized carbons (Fsp3) is 0.143. The zero-order valence-electron chi connectivity index (χ0n) is 6.54. The minimum atomic E-state index is -4.50. The van der Waals surface area contributed by atoms with Crippen molar-refractivity contribution in [2.75, 3.05) is 0 Å². The Morgan fingerprint density at radius 1 is 1.23 bits per heavy atom. The number of hydrogen-bond donors (Lipinski definition) is 0. The third-order valence-corrected chi connectivity index (χ3v) is 1.97. The molecule has 0 radical (unpaired) electrons. The van der Waals surface area contributed by atoms with E-state index in [9.17, 15) is 13.2 Å². The Kier molecular flexibility index (Phi) is 4.68. The van der Waals surface area contributed by atoms with E-state index in [-0.39, 0.29) is 23.9 Å². The molecular formula is C7H2Cl2F3Li. The summed E-state index contributed by atoms with van der Waals surface area (Å²) in [5.41, 5.74) is -1.03. The van der Waals surface area contributed by atoms with Crippen LogP contribution in [0.25, 0.3) is 0 Å². The van der Waals surface area contributed by atoms with Crippen LogP contribution in [-0.2, 0) is 6.18 Å². The predicted molar refractivity (Wildman–Crippen MR) is 40.3 cm³/mol. The second-order valence-electron chi connectivity index (χ2n) is 2.01. The maximum atomic E-state index is 12.1. The molecule has 0 saturated carbocycles. The van der Waals surface area contributed by atoms with Gasteiger partial charge < -0.3 is 0 Å². The molecule has 6 heteroatoms. The van der Waals surface area contributed by atoms with E-state index in [0.29, 0.717) is 0 Å². The van der Waals surface area contributed by atoms with E-state index < -0.39 is 16.8 Å². The molecule has 0 aliphatic rings. The fourth-order valence-electron chi connectivity index (χ4n) is 0.660. The van der Waals surface area contributed by atoms with Gasteiger partial charge in [-0.1, -0.05) is 0 Å². The van der Waals surface area contributed by atoms with E-state index in [2.05, 4.69) is 0 Å². The molecule has 0 N–H and O–H groups in total. The van der Waals surface area contributed by atoms with E-state index in [1.54, 1.807) is 0 Å². The van der Waals surface area contributed by atoms with E-state index in [1.165, 1.54) is 6.07 Å². The summed E-state index contributed by atoms with van der Waals surface area (Å²) >= 11 is 10.7. The Bertz CT molecular complexity index is 298. The number of alkyl halides is 3. The molecule has 66 valence electrons. The summed E-state index contributed by atoms with van der Waals surface area (Å²) in [6.07, 6.45) is -4.50. The van der Waals surface area contributed by atoms with Crippen LogP contribution in [0.5, 0.6) is 0 Å². The quantitative estimate of drug-likeness (QED) is 0.449. The van der Waals surface area contributed by atoms with Crippen molar-refractivity contribution in [1.82, 2.24) is 0 Å². The summed E-state index contributed by atoms with van der Waals surface area (Å²) in [7, 11) is 0. The summed E-state index contributed by atoms with van der Waals surface area (Å²) < 4.78 is 36.2. The third kappa shape index (κ3) is 3.10. The first kappa shape index (κ1) is 13.2. The average Bonchev–Trinajstić information content (AvgIpc) is 1.92. The molecule has 0 saturated heterocycles. The number of halogens is 5. The standard InChI is InChI=1S/C7H2Cl2F3.Li/c8-5-3-1-2-4(6(5)9)7(10,11)12;/h1,3H;/q-1;+1. The van der Waals surface area contributed by atoms with Crippen molar-refractivity contribution in [1.29, 1.82) is 0 Å². The first-order valence-electron chi connectivity index (χ1n) is 2.86. The Balaban J connectivity index is 0.00000144. The topological polar surface area (TPSA) is 0 Å². The number of benzene rings is 1. The van der Waals surface area contributed by atoms with Crippen molar-refractivity contribution < 1.29 is 32.0 Å². The molecule has 0 amide bonds. The molecular weight excluding hydrogens is 219 g/mol. The van der Waals surface area contributed by atoms with Gasteiger partial charge in [0, 0.05) is 0 Å². The Morgan fingerprint density at radius 2 is 1.77 bits per heavy atom. The van der Waals surface area contributed by atoms with E-state index >= 15 is 0 Å². The zero-order valence-corrected chi connectivity index (χ0v) is 8.06. The summed E-state index contributed by atoms with van der Waals surface area (Å²) in [5, 5.41) is -0.630. The van der Waals surface area contributed by atoms with Crippen molar-refractivity contribution >= 4 is 23.2 Å². The molecule has 0 bridgehead atoms. The SMILES string of the molecule is FC(F)(F)c1[c-]ccc(Cl)c1Cl.[Li+]. The molecule has 0 fully saturated rings. The molecule has 0 aliphatic carbocycles. The molecule has 1 aromatic rings. The minimum Gasteiger partial charge on any atom is -0.175 e. The van der Waals surface area contributed by atoms with E-state index in [4.69, 9.17) is 23.2 Å². The third-order valence-electron chi connectivity index (χ3n) is 1.17. The Labute approximate surface area is 95.2 Å². The van der Waals surface area contributed by atoms with Gasteiger partial charge in [-0.2, -0.15) is 43.0 Å². The summed E-state index contributed by atoms with van der Waals surface area (Å²) in [5.74, 6) is 0. The van der Waals surface area contributed by atoms with Crippen LogP contribution in [0.4, 0.5) is 13.2 Å². The van der Waals surface area contributed by atoms with Gasteiger partial charge in [0.25, 0.3) is 0 Å². The maximum absolute atomic E-state index is 12.1. The summed E-state index contributed by atoms with van der Waals surface area (Å²) in [6, 6.07) is 4.31. The Hall–Kier alpha value is 0.187. The van der Waals surface area contributed by atoms with Gasteiger partial charge in [-0.15, -0.1) is 11.6 Å². The molecule has 0 heterocycles. The van der Waals surface area contributed by atoms with Gasteiger partial charge in [0.1, 0.15) is 0 Å². The van der Waals surface area contributed by atoms with Gasteiger partial charge in [0.05, 0.1) is 0 Å². The van der Waals surface area contributed by atoms with Crippen LogP contribution in [0.2, 0.25) is 10.0 Å². The van der Waals surface area contributed by atoms with Crippen molar-refractivity contribution in [3.05, 3.63) is 33.8 Å². The van der Waals surface area contributed by atoms with E-state index in [1.807, 2.05) is 6.07 Å². The van der Waals surface area contributed by atoms with Gasteiger partial charge in [0.15, 0.2) is 0 Å². The van der Waals surface area contributed by atoms with Crippen LogP contribution < -0.4 is 18.9 Å². The largest absolute Gasteiger partial charge is 1.00 e. The molecule has 0 aliphatic heterocycles. The van der Waals surface area contributed by atoms with Gasteiger partial charge >= 0.3 is 25.0 Å². The smallest absolute Gasteiger partial charge is 0.175 e. The first-order chi connectivity index (χ1) is 5.43. The van der Waals surface area contributed by atoms with Crippen LogP contribution in [0.15, 0.2) is 12.1 Å². The molecule has 0 unspecified atom stereocenters. The van der Waals surface area contributed by atoms with E-state index in [0.717, 1.165) is 6.07 Å². The van der Waals surface area contributed by atoms with Crippen molar-refractivity contribution in [2.24, 2.45) is 0 Å². The van der Waals surface area contributed by atoms with Gasteiger partial charge in [0.2, 0.25) is 0 Å². The van der Waals surface area contributed by atoms with Crippen molar-refractivity contribution in [3.63, 3.8) is 0 Å². The average molecular weight is 221 g/mol. The van der Waals surface area contributed by atoms with Gasteiger partial charge in [-0.3, -0.25) is 0 Å². The van der Waals surface area contributed by atoms with Crippen LogP contribution >= 0.6 is 23.2 Å². The molecule has 0 spiro atoms. The fourth-order valence-corrected chi connectivity index (χ4v) is 1.04. The number of rotatable bonds is 0. The van der Waals surface area contributed by atoms with Crippen LogP contribution in [0.3, 0.4) is 0 Å². The number of hydrogen-bond acceptors (Lipinski definition) is 0. The zero-order chi connectivity index (χ0) is 9.35. The monoisotopic (exact) mass is 220 g/mol. The summed E-state index contributed by atoms with van der Waals surface area (Å²) in [6.45, 7) is 0. The second-order valence-corrected chi connectivity index (χ2v) is 2.80. The molecule has 0 atom stereocenters. The summed E-state index contributed by atoms with van der Waals surface area (Å²) in [4.78, 5) is 0. The molecule has 13 heavy (non-hydrogen) atoms. The molecule has 1 aromatic carbocycles. The molecule has 1 rings (SSSR count). The van der Waals surface area contributed by atoms with Crippen LogP contribution in [0, 0.1) is 6.07 Å². The second kappa shape index (κ2) is 4.61. The molecule has 0 aromatic heterocycles. The maximum Gasteiger partial charge on any atom is 1.00 e. The Morgan fingerprint density at radius 3 is 2.15 bits per heavy atom. The van der Waals surface area contributed by atoms with Gasteiger partial charge in [-0.25, -0.2) is 0 Å². The van der Waals surface area contributed by atoms with Crippen molar-refractivity contribution in [3.8, 4) is 0 Å². The first-order valence-corrected chi connectivity index (χ1v) is 3.61. The van der Waals surface area contributed by atoms with Crippen molar-refractivity contribution in [2.45, 2.75) is 6.18 Å². The van der Waals surface area contributed by atoms with Crippen LogP contribution in [0.1, 0.15) is 5.56 Å². The minimum absolute atomic E-state index is 0. The predicted octanol–water partition coefficient (Wildman–Crippen LogP) is 0.816.